The number of carboxylic acids is 1. The Morgan fingerprint density at radius 1 is 1.33 bits per heavy atom. The van der Waals surface area contributed by atoms with E-state index in [4.69, 9.17) is 5.11 Å². The zero-order valence-electron chi connectivity index (χ0n) is 10.4. The summed E-state index contributed by atoms with van der Waals surface area (Å²) in [4.78, 5) is 35.1. The van der Waals surface area contributed by atoms with Crippen molar-refractivity contribution >= 4 is 17.9 Å². The van der Waals surface area contributed by atoms with Crippen LogP contribution in [-0.2, 0) is 9.59 Å². The van der Waals surface area contributed by atoms with Gasteiger partial charge >= 0.3 is 12.0 Å². The predicted molar refractivity (Wildman–Crippen MR) is 64.1 cm³/mol. The molecule has 0 spiro atoms. The normalized spacial score (nSPS) is 18.5. The summed E-state index contributed by atoms with van der Waals surface area (Å²) in [5, 5.41) is 14.0. The average Bonchev–Trinajstić information content (AvgIpc) is 2.82. The van der Waals surface area contributed by atoms with E-state index >= 15 is 0 Å². The Labute approximate surface area is 106 Å². The first-order chi connectivity index (χ1) is 8.56. The molecular weight excluding hydrogens is 238 g/mol. The van der Waals surface area contributed by atoms with Crippen molar-refractivity contribution in [1.29, 1.82) is 0 Å². The fourth-order valence-electron chi connectivity index (χ4n) is 1.85. The van der Waals surface area contributed by atoms with Crippen LogP contribution in [-0.4, -0.2) is 53.6 Å². The van der Waals surface area contributed by atoms with Gasteiger partial charge in [0.25, 0.3) is 0 Å². The van der Waals surface area contributed by atoms with E-state index in [0.29, 0.717) is 25.9 Å². The molecule has 1 heterocycles. The van der Waals surface area contributed by atoms with E-state index in [1.807, 2.05) is 6.92 Å². The van der Waals surface area contributed by atoms with Gasteiger partial charge in [0.2, 0.25) is 5.91 Å². The molecule has 3 N–H and O–H groups in total. The molecule has 0 aromatic carbocycles. The highest BCUT2D eigenvalue weighted by molar-refractivity contribution is 5.87. The van der Waals surface area contributed by atoms with Gasteiger partial charge in [-0.1, -0.05) is 6.92 Å². The van der Waals surface area contributed by atoms with Gasteiger partial charge in [0.15, 0.2) is 0 Å². The third kappa shape index (κ3) is 3.90. The van der Waals surface area contributed by atoms with E-state index in [1.54, 1.807) is 0 Å². The van der Waals surface area contributed by atoms with Gasteiger partial charge in [-0.2, -0.15) is 0 Å². The Bertz CT molecular complexity index is 332. The minimum absolute atomic E-state index is 0.123. The highest BCUT2D eigenvalue weighted by Gasteiger charge is 2.33. The third-order valence-electron chi connectivity index (χ3n) is 2.77. The summed E-state index contributed by atoms with van der Waals surface area (Å²) in [7, 11) is 0. The topological polar surface area (TPSA) is 98.7 Å². The maximum atomic E-state index is 11.7. The van der Waals surface area contributed by atoms with Crippen molar-refractivity contribution in [2.45, 2.75) is 32.2 Å². The zero-order chi connectivity index (χ0) is 13.5. The molecule has 7 heteroatoms. The lowest BCUT2D eigenvalue weighted by Gasteiger charge is -2.21. The molecule has 102 valence electrons. The van der Waals surface area contributed by atoms with Crippen molar-refractivity contribution in [2.75, 3.05) is 19.6 Å². The standard InChI is InChI=1S/C11H19N3O4/c1-2-5-12-9(15)7-13-11(18)14-6-3-4-8(14)10(16)17/h8H,2-7H2,1H3,(H,12,15)(H,13,18)(H,16,17). The molecule has 18 heavy (non-hydrogen) atoms. The minimum atomic E-state index is -1.00. The van der Waals surface area contributed by atoms with Crippen LogP contribution in [0.1, 0.15) is 26.2 Å². The molecule has 1 saturated heterocycles. The number of rotatable bonds is 5. The summed E-state index contributed by atoms with van der Waals surface area (Å²) in [6.45, 7) is 2.79. The number of hydrogen-bond acceptors (Lipinski definition) is 3. The quantitative estimate of drug-likeness (QED) is 0.633. The van der Waals surface area contributed by atoms with Crippen LogP contribution in [0.5, 0.6) is 0 Å². The molecule has 1 fully saturated rings. The predicted octanol–water partition coefficient (Wildman–Crippen LogP) is -0.229. The Balaban J connectivity index is 2.36. The summed E-state index contributed by atoms with van der Waals surface area (Å²) in [6.07, 6.45) is 1.96. The molecule has 3 amide bonds. The van der Waals surface area contributed by atoms with Crippen LogP contribution in [0.25, 0.3) is 0 Å². The molecule has 0 bridgehead atoms. The first-order valence-corrected chi connectivity index (χ1v) is 6.10. The number of carboxylic acid groups (broad SMARTS) is 1. The Morgan fingerprint density at radius 2 is 2.06 bits per heavy atom. The van der Waals surface area contributed by atoms with Crippen molar-refractivity contribution in [3.63, 3.8) is 0 Å². The van der Waals surface area contributed by atoms with Gasteiger partial charge < -0.3 is 20.6 Å². The molecule has 0 aliphatic carbocycles. The first kappa shape index (κ1) is 14.3. The van der Waals surface area contributed by atoms with E-state index in [1.165, 1.54) is 4.90 Å². The number of amides is 3. The van der Waals surface area contributed by atoms with Crippen LogP contribution >= 0.6 is 0 Å². The van der Waals surface area contributed by atoms with Crippen LogP contribution in [0.3, 0.4) is 0 Å². The maximum absolute atomic E-state index is 11.7. The van der Waals surface area contributed by atoms with Crippen molar-refractivity contribution in [3.05, 3.63) is 0 Å². The molecule has 1 rings (SSSR count). The molecule has 0 saturated carbocycles. The smallest absolute Gasteiger partial charge is 0.326 e. The summed E-state index contributed by atoms with van der Waals surface area (Å²) >= 11 is 0. The van der Waals surface area contributed by atoms with Gasteiger partial charge in [0.05, 0.1) is 6.54 Å². The summed E-state index contributed by atoms with van der Waals surface area (Å²) in [5.74, 6) is -1.27. The number of carbonyl (C=O) groups excluding carboxylic acids is 2. The Kier molecular flexibility index (Phi) is 5.41. The van der Waals surface area contributed by atoms with Crippen LogP contribution in [0.15, 0.2) is 0 Å². The van der Waals surface area contributed by atoms with Crippen molar-refractivity contribution in [1.82, 2.24) is 15.5 Å². The summed E-state index contributed by atoms with van der Waals surface area (Å²) in [5.41, 5.74) is 0. The van der Waals surface area contributed by atoms with E-state index < -0.39 is 18.0 Å². The molecule has 0 aromatic rings. The second-order valence-electron chi connectivity index (χ2n) is 4.20. The second kappa shape index (κ2) is 6.83. The SMILES string of the molecule is CCCNC(=O)CNC(=O)N1CCCC1C(=O)O. The van der Waals surface area contributed by atoms with Gasteiger partial charge in [-0.3, -0.25) is 4.79 Å². The van der Waals surface area contributed by atoms with Crippen LogP contribution in [0.2, 0.25) is 0 Å². The number of nitrogens with zero attached hydrogens (tertiary/aromatic N) is 1. The lowest BCUT2D eigenvalue weighted by atomic mass is 10.2. The third-order valence-corrected chi connectivity index (χ3v) is 2.77. The van der Waals surface area contributed by atoms with Crippen LogP contribution < -0.4 is 10.6 Å². The number of hydrogen-bond donors (Lipinski definition) is 3. The molecule has 7 nitrogen and oxygen atoms in total. The summed E-state index contributed by atoms with van der Waals surface area (Å²) in [6, 6.07) is -1.27. The van der Waals surface area contributed by atoms with E-state index in [-0.39, 0.29) is 12.5 Å². The Morgan fingerprint density at radius 3 is 2.67 bits per heavy atom. The lowest BCUT2D eigenvalue weighted by Crippen LogP contribution is -2.48. The van der Waals surface area contributed by atoms with Crippen molar-refractivity contribution in [2.24, 2.45) is 0 Å². The zero-order valence-corrected chi connectivity index (χ0v) is 10.4. The maximum Gasteiger partial charge on any atom is 0.326 e. The fraction of sp³-hybridized carbons (Fsp3) is 0.727. The molecule has 0 radical (unpaired) electrons. The largest absolute Gasteiger partial charge is 0.480 e. The molecular formula is C11H19N3O4. The second-order valence-corrected chi connectivity index (χ2v) is 4.20. The molecule has 1 unspecified atom stereocenters. The van der Waals surface area contributed by atoms with Crippen molar-refractivity contribution in [3.8, 4) is 0 Å². The monoisotopic (exact) mass is 257 g/mol. The number of aliphatic carboxylic acids is 1. The number of likely N-dealkylation sites (tertiary alicyclic amines) is 1. The van der Waals surface area contributed by atoms with E-state index in [2.05, 4.69) is 10.6 Å². The van der Waals surface area contributed by atoms with Crippen LogP contribution in [0, 0.1) is 0 Å². The molecule has 0 aromatic heterocycles. The average molecular weight is 257 g/mol. The number of urea groups is 1. The van der Waals surface area contributed by atoms with Gasteiger partial charge in [0.1, 0.15) is 6.04 Å². The van der Waals surface area contributed by atoms with E-state index in [9.17, 15) is 14.4 Å². The highest BCUT2D eigenvalue weighted by Crippen LogP contribution is 2.16. The van der Waals surface area contributed by atoms with Gasteiger partial charge in [-0.15, -0.1) is 0 Å². The highest BCUT2D eigenvalue weighted by atomic mass is 16.4. The van der Waals surface area contributed by atoms with Crippen LogP contribution in [0.4, 0.5) is 4.79 Å². The van der Waals surface area contributed by atoms with Gasteiger partial charge in [-0.05, 0) is 19.3 Å². The molecule has 1 aliphatic rings. The van der Waals surface area contributed by atoms with Gasteiger partial charge in [0, 0.05) is 13.1 Å². The first-order valence-electron chi connectivity index (χ1n) is 6.10. The lowest BCUT2D eigenvalue weighted by molar-refractivity contribution is -0.141. The molecule has 1 atom stereocenters. The number of nitrogens with one attached hydrogen (secondary N) is 2. The Hall–Kier alpha value is -1.79. The minimum Gasteiger partial charge on any atom is -0.480 e. The van der Waals surface area contributed by atoms with E-state index in [0.717, 1.165) is 6.42 Å². The fourth-order valence-corrected chi connectivity index (χ4v) is 1.85. The molecule has 1 aliphatic heterocycles. The van der Waals surface area contributed by atoms with Gasteiger partial charge in [-0.25, -0.2) is 9.59 Å². The summed E-state index contributed by atoms with van der Waals surface area (Å²) < 4.78 is 0. The van der Waals surface area contributed by atoms with Crippen molar-refractivity contribution < 1.29 is 19.5 Å². The number of carbonyl (C=O) groups is 3.